The van der Waals surface area contributed by atoms with Crippen molar-refractivity contribution in [2.75, 3.05) is 24.3 Å². The van der Waals surface area contributed by atoms with E-state index in [2.05, 4.69) is 10.6 Å². The number of nitrogens with one attached hydrogen (secondary N) is 2. The van der Waals surface area contributed by atoms with E-state index in [1.165, 1.54) is 0 Å². The van der Waals surface area contributed by atoms with Crippen molar-refractivity contribution in [2.45, 2.75) is 32.2 Å². The Kier molecular flexibility index (Phi) is 6.52. The van der Waals surface area contributed by atoms with Gasteiger partial charge in [0, 0.05) is 25.5 Å². The highest BCUT2D eigenvalue weighted by atomic mass is 16.4. The number of anilines is 2. The predicted molar refractivity (Wildman–Crippen MR) is 83.9 cm³/mol. The van der Waals surface area contributed by atoms with Crippen LogP contribution in [0.4, 0.5) is 16.2 Å². The van der Waals surface area contributed by atoms with Crippen LogP contribution < -0.4 is 15.5 Å². The van der Waals surface area contributed by atoms with Gasteiger partial charge in [-0.2, -0.15) is 0 Å². The summed E-state index contributed by atoms with van der Waals surface area (Å²) >= 11 is 0. The summed E-state index contributed by atoms with van der Waals surface area (Å²) in [4.78, 5) is 24.8. The second-order valence-electron chi connectivity index (χ2n) is 5.07. The van der Waals surface area contributed by atoms with Gasteiger partial charge in [0.25, 0.3) is 0 Å². The van der Waals surface area contributed by atoms with E-state index in [0.29, 0.717) is 12.1 Å². The Labute approximate surface area is 125 Å². The summed E-state index contributed by atoms with van der Waals surface area (Å²) < 4.78 is 0. The molecule has 0 aliphatic heterocycles. The molecule has 6 heteroatoms. The Morgan fingerprint density at radius 3 is 2.33 bits per heavy atom. The number of unbranched alkanes of at least 4 members (excludes halogenated alkanes) is 1. The maximum Gasteiger partial charge on any atom is 0.326 e. The number of urea groups is 1. The number of benzene rings is 1. The standard InChI is InChI=1S/C15H23N3O3/c1-4-5-6-13(14(19)20)17-15(21)16-11-7-9-12(10-8-11)18(2)3/h7-10,13H,4-6H2,1-3H3,(H,19,20)(H2,16,17,21). The van der Waals surface area contributed by atoms with Crippen LogP contribution in [0.15, 0.2) is 24.3 Å². The van der Waals surface area contributed by atoms with Gasteiger partial charge in [0.05, 0.1) is 0 Å². The lowest BCUT2D eigenvalue weighted by Crippen LogP contribution is -2.42. The number of carboxylic acid groups (broad SMARTS) is 1. The fourth-order valence-electron chi connectivity index (χ4n) is 1.83. The minimum atomic E-state index is -1.01. The van der Waals surface area contributed by atoms with Gasteiger partial charge in [-0.3, -0.25) is 0 Å². The lowest BCUT2D eigenvalue weighted by molar-refractivity contribution is -0.139. The topological polar surface area (TPSA) is 81.7 Å². The summed E-state index contributed by atoms with van der Waals surface area (Å²) in [7, 11) is 3.86. The summed E-state index contributed by atoms with van der Waals surface area (Å²) in [5.74, 6) is -1.01. The molecule has 0 saturated carbocycles. The predicted octanol–water partition coefficient (Wildman–Crippen LogP) is 2.52. The molecule has 0 fully saturated rings. The first-order valence-electron chi connectivity index (χ1n) is 7.01. The number of carbonyl (C=O) groups is 2. The third-order valence-electron chi connectivity index (χ3n) is 3.09. The maximum absolute atomic E-state index is 11.8. The zero-order valence-corrected chi connectivity index (χ0v) is 12.7. The second-order valence-corrected chi connectivity index (χ2v) is 5.07. The van der Waals surface area contributed by atoms with Gasteiger partial charge in [0.1, 0.15) is 6.04 Å². The van der Waals surface area contributed by atoms with Crippen molar-refractivity contribution < 1.29 is 14.7 Å². The minimum Gasteiger partial charge on any atom is -0.480 e. The lowest BCUT2D eigenvalue weighted by atomic mass is 10.1. The zero-order valence-electron chi connectivity index (χ0n) is 12.7. The largest absolute Gasteiger partial charge is 0.480 e. The van der Waals surface area contributed by atoms with Crippen molar-refractivity contribution in [3.8, 4) is 0 Å². The van der Waals surface area contributed by atoms with Gasteiger partial charge >= 0.3 is 12.0 Å². The van der Waals surface area contributed by atoms with Crippen LogP contribution >= 0.6 is 0 Å². The van der Waals surface area contributed by atoms with Crippen molar-refractivity contribution in [3.05, 3.63) is 24.3 Å². The van der Waals surface area contributed by atoms with Gasteiger partial charge in [0.15, 0.2) is 0 Å². The van der Waals surface area contributed by atoms with Crippen LogP contribution in [0.25, 0.3) is 0 Å². The van der Waals surface area contributed by atoms with E-state index in [0.717, 1.165) is 18.5 Å². The molecular formula is C15H23N3O3. The molecule has 6 nitrogen and oxygen atoms in total. The van der Waals surface area contributed by atoms with Crippen LogP contribution in [0.3, 0.4) is 0 Å². The van der Waals surface area contributed by atoms with E-state index >= 15 is 0 Å². The van der Waals surface area contributed by atoms with Gasteiger partial charge < -0.3 is 20.6 Å². The van der Waals surface area contributed by atoms with Gasteiger partial charge in [-0.25, -0.2) is 9.59 Å². The highest BCUT2D eigenvalue weighted by Gasteiger charge is 2.19. The van der Waals surface area contributed by atoms with Gasteiger partial charge in [-0.1, -0.05) is 19.8 Å². The normalized spacial score (nSPS) is 11.6. The number of carbonyl (C=O) groups excluding carboxylic acids is 1. The Hall–Kier alpha value is -2.24. The molecule has 0 bridgehead atoms. The van der Waals surface area contributed by atoms with Crippen LogP contribution in [0.1, 0.15) is 26.2 Å². The first kappa shape index (κ1) is 16.8. The van der Waals surface area contributed by atoms with E-state index in [9.17, 15) is 9.59 Å². The zero-order chi connectivity index (χ0) is 15.8. The van der Waals surface area contributed by atoms with E-state index in [-0.39, 0.29) is 0 Å². The number of amides is 2. The molecule has 0 saturated heterocycles. The van der Waals surface area contributed by atoms with E-state index < -0.39 is 18.0 Å². The number of rotatable bonds is 7. The van der Waals surface area contributed by atoms with Crippen LogP contribution in [0.2, 0.25) is 0 Å². The van der Waals surface area contributed by atoms with Crippen molar-refractivity contribution >= 4 is 23.4 Å². The molecule has 1 atom stereocenters. The lowest BCUT2D eigenvalue weighted by Gasteiger charge is -2.16. The van der Waals surface area contributed by atoms with Crippen molar-refractivity contribution in [1.29, 1.82) is 0 Å². The first-order chi connectivity index (χ1) is 9.93. The van der Waals surface area contributed by atoms with Gasteiger partial charge in [0.2, 0.25) is 0 Å². The highest BCUT2D eigenvalue weighted by molar-refractivity contribution is 5.92. The average Bonchev–Trinajstić information content (AvgIpc) is 2.43. The molecule has 0 spiro atoms. The van der Waals surface area contributed by atoms with Crippen molar-refractivity contribution in [2.24, 2.45) is 0 Å². The van der Waals surface area contributed by atoms with Crippen molar-refractivity contribution in [1.82, 2.24) is 5.32 Å². The summed E-state index contributed by atoms with van der Waals surface area (Å²) in [6.07, 6.45) is 2.08. The SMILES string of the molecule is CCCCC(NC(=O)Nc1ccc(N(C)C)cc1)C(=O)O. The fourth-order valence-corrected chi connectivity index (χ4v) is 1.83. The first-order valence-corrected chi connectivity index (χ1v) is 7.01. The molecule has 0 aliphatic carbocycles. The molecule has 116 valence electrons. The summed E-state index contributed by atoms with van der Waals surface area (Å²) in [5, 5.41) is 14.2. The number of carboxylic acids is 1. The van der Waals surface area contributed by atoms with Crippen LogP contribution in [-0.2, 0) is 4.79 Å². The van der Waals surface area contributed by atoms with Crippen LogP contribution in [0.5, 0.6) is 0 Å². The Morgan fingerprint density at radius 2 is 1.86 bits per heavy atom. The number of hydrogen-bond acceptors (Lipinski definition) is 3. The van der Waals surface area contributed by atoms with Gasteiger partial charge in [-0.05, 0) is 30.7 Å². The molecular weight excluding hydrogens is 270 g/mol. The average molecular weight is 293 g/mol. The monoisotopic (exact) mass is 293 g/mol. The molecule has 21 heavy (non-hydrogen) atoms. The molecule has 3 N–H and O–H groups in total. The number of aliphatic carboxylic acids is 1. The van der Waals surface area contributed by atoms with Crippen molar-refractivity contribution in [3.63, 3.8) is 0 Å². The Balaban J connectivity index is 2.57. The molecule has 0 radical (unpaired) electrons. The van der Waals surface area contributed by atoms with E-state index in [1.54, 1.807) is 12.1 Å². The summed E-state index contributed by atoms with van der Waals surface area (Å²) in [6.45, 7) is 1.98. The maximum atomic E-state index is 11.8. The minimum absolute atomic E-state index is 0.429. The molecule has 1 aromatic rings. The number of hydrogen-bond donors (Lipinski definition) is 3. The second kappa shape index (κ2) is 8.14. The summed E-state index contributed by atoms with van der Waals surface area (Å²) in [6, 6.07) is 5.94. The Bertz CT molecular complexity index is 472. The van der Waals surface area contributed by atoms with Gasteiger partial charge in [-0.15, -0.1) is 0 Å². The third-order valence-corrected chi connectivity index (χ3v) is 3.09. The highest BCUT2D eigenvalue weighted by Crippen LogP contribution is 2.15. The molecule has 0 aromatic heterocycles. The molecule has 1 unspecified atom stereocenters. The third kappa shape index (κ3) is 5.72. The molecule has 1 aromatic carbocycles. The molecule has 1 rings (SSSR count). The van der Waals surface area contributed by atoms with E-state index in [4.69, 9.17) is 5.11 Å². The smallest absolute Gasteiger partial charge is 0.326 e. The summed E-state index contributed by atoms with van der Waals surface area (Å²) in [5.41, 5.74) is 1.64. The fraction of sp³-hybridized carbons (Fsp3) is 0.467. The number of nitrogens with zero attached hydrogens (tertiary/aromatic N) is 1. The van der Waals surface area contributed by atoms with Crippen LogP contribution in [-0.4, -0.2) is 37.2 Å². The van der Waals surface area contributed by atoms with Crippen LogP contribution in [0, 0.1) is 0 Å². The quantitative estimate of drug-likeness (QED) is 0.721. The van der Waals surface area contributed by atoms with E-state index in [1.807, 2.05) is 38.1 Å². The molecule has 0 heterocycles. The molecule has 0 aliphatic rings. The molecule has 2 amide bonds. The Morgan fingerprint density at radius 1 is 1.24 bits per heavy atom.